The van der Waals surface area contributed by atoms with Gasteiger partial charge >= 0.3 is 0 Å². The fourth-order valence-electron chi connectivity index (χ4n) is 2.58. The number of hydrogen-bond donors (Lipinski definition) is 0. The van der Waals surface area contributed by atoms with E-state index in [0.29, 0.717) is 25.9 Å². The number of halogens is 1. The van der Waals surface area contributed by atoms with Crippen LogP contribution in [0, 0.1) is 5.82 Å². The average molecular weight is 298 g/mol. The lowest BCUT2D eigenvalue weighted by Crippen LogP contribution is -2.46. The maximum Gasteiger partial charge on any atom is 0.243 e. The fourth-order valence-corrected chi connectivity index (χ4v) is 4.02. The van der Waals surface area contributed by atoms with Crippen molar-refractivity contribution in [3.05, 3.63) is 30.1 Å². The van der Waals surface area contributed by atoms with Gasteiger partial charge in [-0.25, -0.2) is 12.8 Å². The lowest BCUT2D eigenvalue weighted by molar-refractivity contribution is -0.0506. The van der Waals surface area contributed by atoms with Crippen molar-refractivity contribution in [2.45, 2.75) is 29.8 Å². The van der Waals surface area contributed by atoms with Gasteiger partial charge in [-0.3, -0.25) is 0 Å². The SMILES string of the molecule is O=S(=O)(c1ccc(F)cc1)N1CCC2(CC=NO2)CC1. The molecule has 0 aromatic heterocycles. The summed E-state index contributed by atoms with van der Waals surface area (Å²) in [5.74, 6) is -0.446. The summed E-state index contributed by atoms with van der Waals surface area (Å²) in [4.78, 5) is 5.49. The highest BCUT2D eigenvalue weighted by molar-refractivity contribution is 7.89. The second-order valence-corrected chi connectivity index (χ2v) is 7.06. The third-order valence-electron chi connectivity index (χ3n) is 3.87. The van der Waals surface area contributed by atoms with E-state index in [0.717, 1.165) is 18.6 Å². The van der Waals surface area contributed by atoms with Crippen molar-refractivity contribution in [1.82, 2.24) is 4.31 Å². The monoisotopic (exact) mass is 298 g/mol. The molecule has 2 aliphatic rings. The second-order valence-electron chi connectivity index (χ2n) is 5.12. The van der Waals surface area contributed by atoms with Crippen molar-refractivity contribution in [3.63, 3.8) is 0 Å². The minimum atomic E-state index is -3.55. The van der Waals surface area contributed by atoms with Gasteiger partial charge in [0, 0.05) is 38.6 Å². The highest BCUT2D eigenvalue weighted by Crippen LogP contribution is 2.34. The molecule has 0 atom stereocenters. The van der Waals surface area contributed by atoms with Gasteiger partial charge in [0.1, 0.15) is 11.4 Å². The van der Waals surface area contributed by atoms with Crippen LogP contribution in [0.5, 0.6) is 0 Å². The summed E-state index contributed by atoms with van der Waals surface area (Å²) in [6.45, 7) is 0.784. The summed E-state index contributed by atoms with van der Waals surface area (Å²) in [5, 5.41) is 3.78. The fraction of sp³-hybridized carbons (Fsp3) is 0.462. The van der Waals surface area contributed by atoms with Gasteiger partial charge in [0.25, 0.3) is 0 Å². The molecule has 2 aliphatic heterocycles. The molecule has 0 aliphatic carbocycles. The number of oxime groups is 1. The first-order valence-electron chi connectivity index (χ1n) is 6.48. The molecule has 108 valence electrons. The molecule has 1 fully saturated rings. The van der Waals surface area contributed by atoms with E-state index in [4.69, 9.17) is 4.84 Å². The van der Waals surface area contributed by atoms with Crippen LogP contribution in [0.25, 0.3) is 0 Å². The molecule has 2 heterocycles. The molecular formula is C13H15FN2O3S. The average Bonchev–Trinajstić information content (AvgIpc) is 2.88. The zero-order valence-corrected chi connectivity index (χ0v) is 11.6. The van der Waals surface area contributed by atoms with E-state index < -0.39 is 15.8 Å². The number of hydrogen-bond acceptors (Lipinski definition) is 4. The molecule has 1 aromatic rings. The van der Waals surface area contributed by atoms with Crippen molar-refractivity contribution in [2.75, 3.05) is 13.1 Å². The summed E-state index contributed by atoms with van der Waals surface area (Å²) < 4.78 is 39.2. The Morgan fingerprint density at radius 3 is 2.40 bits per heavy atom. The first-order chi connectivity index (χ1) is 9.52. The quantitative estimate of drug-likeness (QED) is 0.836. The maximum absolute atomic E-state index is 12.9. The molecule has 0 N–H and O–H groups in total. The number of piperidine rings is 1. The molecule has 0 bridgehead atoms. The first kappa shape index (κ1) is 13.5. The van der Waals surface area contributed by atoms with Crippen LogP contribution >= 0.6 is 0 Å². The van der Waals surface area contributed by atoms with Gasteiger partial charge in [-0.15, -0.1) is 0 Å². The Kier molecular flexibility index (Phi) is 3.25. The second kappa shape index (κ2) is 4.82. The van der Waals surface area contributed by atoms with Crippen molar-refractivity contribution in [2.24, 2.45) is 5.16 Å². The largest absolute Gasteiger partial charge is 0.389 e. The Hall–Kier alpha value is -1.47. The molecule has 0 radical (unpaired) electrons. The standard InChI is InChI=1S/C13H15FN2O3S/c14-11-1-3-12(4-2-11)20(17,18)16-9-6-13(7-10-16)5-8-15-19-13/h1-4,8H,5-7,9-10H2. The normalized spacial score (nSPS) is 22.1. The van der Waals surface area contributed by atoms with Crippen molar-refractivity contribution in [3.8, 4) is 0 Å². The van der Waals surface area contributed by atoms with Crippen LogP contribution < -0.4 is 0 Å². The number of nitrogens with zero attached hydrogens (tertiary/aromatic N) is 2. The number of benzene rings is 1. The molecule has 3 rings (SSSR count). The van der Waals surface area contributed by atoms with Crippen LogP contribution in [0.1, 0.15) is 19.3 Å². The zero-order chi connectivity index (χ0) is 14.2. The molecule has 1 spiro atoms. The van der Waals surface area contributed by atoms with Gasteiger partial charge < -0.3 is 4.84 Å². The molecule has 5 nitrogen and oxygen atoms in total. The Bertz CT molecular complexity index is 610. The molecule has 0 saturated carbocycles. The topological polar surface area (TPSA) is 59.0 Å². The van der Waals surface area contributed by atoms with Crippen LogP contribution in [0.4, 0.5) is 4.39 Å². The van der Waals surface area contributed by atoms with Crippen LogP contribution in [-0.4, -0.2) is 37.6 Å². The molecular weight excluding hydrogens is 283 g/mol. The Balaban J connectivity index is 1.75. The minimum Gasteiger partial charge on any atom is -0.389 e. The predicted octanol–water partition coefficient (Wildman–Crippen LogP) is 1.76. The van der Waals surface area contributed by atoms with Gasteiger partial charge in [-0.05, 0) is 24.3 Å². The molecule has 1 saturated heterocycles. The van der Waals surface area contributed by atoms with E-state index in [1.165, 1.54) is 16.4 Å². The van der Waals surface area contributed by atoms with E-state index in [9.17, 15) is 12.8 Å². The molecule has 1 aromatic carbocycles. The van der Waals surface area contributed by atoms with Gasteiger partial charge in [0.15, 0.2) is 0 Å². The Labute approximate surface area is 117 Å². The summed E-state index contributed by atoms with van der Waals surface area (Å²) in [6.07, 6.45) is 3.70. The lowest BCUT2D eigenvalue weighted by atomic mass is 9.90. The highest BCUT2D eigenvalue weighted by Gasteiger charge is 2.41. The van der Waals surface area contributed by atoms with Crippen LogP contribution in [-0.2, 0) is 14.9 Å². The minimum absolute atomic E-state index is 0.124. The summed E-state index contributed by atoms with van der Waals surface area (Å²) in [7, 11) is -3.55. The summed E-state index contributed by atoms with van der Waals surface area (Å²) in [6, 6.07) is 4.91. The van der Waals surface area contributed by atoms with Gasteiger partial charge in [0.2, 0.25) is 10.0 Å². The molecule has 0 amide bonds. The molecule has 20 heavy (non-hydrogen) atoms. The Morgan fingerprint density at radius 2 is 1.85 bits per heavy atom. The highest BCUT2D eigenvalue weighted by atomic mass is 32.2. The third-order valence-corrected chi connectivity index (χ3v) is 5.78. The third kappa shape index (κ3) is 2.31. The van der Waals surface area contributed by atoms with E-state index >= 15 is 0 Å². The number of sulfonamides is 1. The lowest BCUT2D eigenvalue weighted by Gasteiger charge is -2.36. The van der Waals surface area contributed by atoms with Crippen molar-refractivity contribution < 1.29 is 17.6 Å². The Morgan fingerprint density at radius 1 is 1.20 bits per heavy atom. The van der Waals surface area contributed by atoms with E-state index in [2.05, 4.69) is 5.16 Å². The zero-order valence-electron chi connectivity index (χ0n) is 10.8. The van der Waals surface area contributed by atoms with Gasteiger partial charge in [-0.1, -0.05) is 5.16 Å². The summed E-state index contributed by atoms with van der Waals surface area (Å²) in [5.41, 5.74) is -0.325. The van der Waals surface area contributed by atoms with Crippen molar-refractivity contribution >= 4 is 16.2 Å². The maximum atomic E-state index is 12.9. The van der Waals surface area contributed by atoms with Crippen molar-refractivity contribution in [1.29, 1.82) is 0 Å². The smallest absolute Gasteiger partial charge is 0.243 e. The van der Waals surface area contributed by atoms with E-state index in [-0.39, 0.29) is 10.5 Å². The molecule has 7 heteroatoms. The van der Waals surface area contributed by atoms with Gasteiger partial charge in [-0.2, -0.15) is 4.31 Å². The number of rotatable bonds is 2. The first-order valence-corrected chi connectivity index (χ1v) is 7.92. The summed E-state index contributed by atoms with van der Waals surface area (Å²) >= 11 is 0. The van der Waals surface area contributed by atoms with Crippen LogP contribution in [0.3, 0.4) is 0 Å². The van der Waals surface area contributed by atoms with Gasteiger partial charge in [0.05, 0.1) is 4.90 Å². The molecule has 0 unspecified atom stereocenters. The van der Waals surface area contributed by atoms with E-state index in [1.807, 2.05) is 0 Å². The van der Waals surface area contributed by atoms with Crippen LogP contribution in [0.2, 0.25) is 0 Å². The van der Waals surface area contributed by atoms with E-state index in [1.54, 1.807) is 6.21 Å². The van der Waals surface area contributed by atoms with Crippen LogP contribution in [0.15, 0.2) is 34.3 Å². The predicted molar refractivity (Wildman–Crippen MR) is 71.3 cm³/mol.